The average Bonchev–Trinajstić information content (AvgIpc) is 2.82. The quantitative estimate of drug-likeness (QED) is 0.882. The van der Waals surface area contributed by atoms with Gasteiger partial charge in [-0.05, 0) is 31.2 Å². The Morgan fingerprint density at radius 1 is 1.44 bits per heavy atom. The molecule has 0 aliphatic heterocycles. The van der Waals surface area contributed by atoms with Crippen molar-refractivity contribution in [3.05, 3.63) is 30.0 Å². The molecule has 0 bridgehead atoms. The number of para-hydroxylation sites is 1. The first kappa shape index (κ1) is 11.7. The smallest absolute Gasteiger partial charge is 0.0731 e. The predicted octanol–water partition coefficient (Wildman–Crippen LogP) is 2.67. The molecule has 1 saturated carbocycles. The van der Waals surface area contributed by atoms with Gasteiger partial charge in [0.15, 0.2) is 0 Å². The molecule has 2 unspecified atom stereocenters. The van der Waals surface area contributed by atoms with Crippen molar-refractivity contribution < 1.29 is 5.11 Å². The number of hydrogen-bond donors (Lipinski definition) is 1. The van der Waals surface area contributed by atoms with Crippen LogP contribution in [0.5, 0.6) is 0 Å². The largest absolute Gasteiger partial charge is 0.389 e. The molecule has 2 aromatic rings. The highest BCUT2D eigenvalue weighted by Crippen LogP contribution is 2.37. The molecule has 1 N–H and O–H groups in total. The van der Waals surface area contributed by atoms with Gasteiger partial charge in [0.25, 0.3) is 0 Å². The Hall–Kier alpha value is -1.35. The number of aryl methyl sites for hydroxylation is 1. The van der Waals surface area contributed by atoms with Crippen molar-refractivity contribution in [3.63, 3.8) is 0 Å². The number of benzene rings is 1. The summed E-state index contributed by atoms with van der Waals surface area (Å²) in [5.74, 6) is 0.630. The Bertz CT molecular complexity index is 575. The highest BCUT2D eigenvalue weighted by atomic mass is 16.3. The lowest BCUT2D eigenvalue weighted by Crippen LogP contribution is -2.28. The van der Waals surface area contributed by atoms with Gasteiger partial charge in [0, 0.05) is 18.9 Å². The summed E-state index contributed by atoms with van der Waals surface area (Å²) in [6.45, 7) is 2.22. The highest BCUT2D eigenvalue weighted by Gasteiger charge is 2.36. The third-order valence-electron chi connectivity index (χ3n) is 4.16. The summed E-state index contributed by atoms with van der Waals surface area (Å²) in [6.07, 6.45) is 3.61. The zero-order valence-corrected chi connectivity index (χ0v) is 11.1. The Labute approximate surface area is 107 Å². The Morgan fingerprint density at radius 2 is 2.22 bits per heavy atom. The predicted molar refractivity (Wildman–Crippen MR) is 72.4 cm³/mol. The maximum absolute atomic E-state index is 10.6. The van der Waals surface area contributed by atoms with Crippen LogP contribution in [0.2, 0.25) is 0 Å². The van der Waals surface area contributed by atoms with E-state index in [1.807, 2.05) is 23.9 Å². The van der Waals surface area contributed by atoms with Crippen LogP contribution in [0.15, 0.2) is 24.3 Å². The van der Waals surface area contributed by atoms with E-state index in [0.717, 1.165) is 30.5 Å². The van der Waals surface area contributed by atoms with Gasteiger partial charge in [0.1, 0.15) is 0 Å². The topological polar surface area (TPSA) is 38.1 Å². The maximum Gasteiger partial charge on any atom is 0.0731 e. The fourth-order valence-electron chi connectivity index (χ4n) is 3.26. The summed E-state index contributed by atoms with van der Waals surface area (Å²) < 4.78 is 1.91. The van der Waals surface area contributed by atoms with E-state index >= 15 is 0 Å². The zero-order chi connectivity index (χ0) is 12.8. The normalized spacial score (nSPS) is 28.1. The molecule has 2 atom stereocenters. The van der Waals surface area contributed by atoms with Crippen molar-refractivity contribution in [2.24, 2.45) is 13.0 Å². The number of aromatic nitrogens is 2. The molecule has 0 saturated heterocycles. The molecule has 1 aromatic carbocycles. The third kappa shape index (κ3) is 1.93. The Morgan fingerprint density at radius 3 is 2.94 bits per heavy atom. The summed E-state index contributed by atoms with van der Waals surface area (Å²) >= 11 is 0. The van der Waals surface area contributed by atoms with Crippen LogP contribution >= 0.6 is 0 Å². The molecule has 96 valence electrons. The monoisotopic (exact) mass is 244 g/mol. The van der Waals surface area contributed by atoms with Crippen molar-refractivity contribution >= 4 is 10.9 Å². The van der Waals surface area contributed by atoms with Crippen molar-refractivity contribution in [1.82, 2.24) is 9.78 Å². The fourth-order valence-corrected chi connectivity index (χ4v) is 3.26. The summed E-state index contributed by atoms with van der Waals surface area (Å²) in [7, 11) is 1.97. The van der Waals surface area contributed by atoms with E-state index in [-0.39, 0.29) is 0 Å². The minimum absolute atomic E-state index is 0.545. The van der Waals surface area contributed by atoms with Gasteiger partial charge in [-0.25, -0.2) is 0 Å². The van der Waals surface area contributed by atoms with Crippen LogP contribution in [-0.4, -0.2) is 20.5 Å². The van der Waals surface area contributed by atoms with Crippen LogP contribution in [0.1, 0.15) is 31.9 Å². The molecule has 1 aliphatic rings. The molecule has 3 nitrogen and oxygen atoms in total. The summed E-state index contributed by atoms with van der Waals surface area (Å²) in [5.41, 5.74) is 1.63. The SMILES string of the molecule is CC1CCC(O)(Cc2nn(C)c3ccccc23)C1. The first-order valence-electron chi connectivity index (χ1n) is 6.70. The van der Waals surface area contributed by atoms with Gasteiger partial charge < -0.3 is 5.11 Å². The van der Waals surface area contributed by atoms with Crippen molar-refractivity contribution in [3.8, 4) is 0 Å². The zero-order valence-electron chi connectivity index (χ0n) is 11.1. The summed E-state index contributed by atoms with van der Waals surface area (Å²) in [5, 5.41) is 16.4. The van der Waals surface area contributed by atoms with E-state index in [0.29, 0.717) is 12.3 Å². The second kappa shape index (κ2) is 4.09. The van der Waals surface area contributed by atoms with E-state index in [2.05, 4.69) is 24.2 Å². The second-order valence-electron chi connectivity index (χ2n) is 5.84. The van der Waals surface area contributed by atoms with E-state index in [1.165, 1.54) is 5.39 Å². The minimum Gasteiger partial charge on any atom is -0.389 e. The average molecular weight is 244 g/mol. The Balaban J connectivity index is 1.96. The van der Waals surface area contributed by atoms with Crippen LogP contribution in [-0.2, 0) is 13.5 Å². The van der Waals surface area contributed by atoms with Crippen molar-refractivity contribution in [2.75, 3.05) is 0 Å². The standard InChI is InChI=1S/C15H20N2O/c1-11-7-8-15(18,9-11)10-13-12-5-3-4-6-14(12)17(2)16-13/h3-6,11,18H,7-10H2,1-2H3. The van der Waals surface area contributed by atoms with Crippen molar-refractivity contribution in [1.29, 1.82) is 0 Å². The van der Waals surface area contributed by atoms with Gasteiger partial charge in [-0.1, -0.05) is 25.1 Å². The van der Waals surface area contributed by atoms with E-state index in [4.69, 9.17) is 0 Å². The van der Waals surface area contributed by atoms with E-state index in [9.17, 15) is 5.11 Å². The molecule has 0 radical (unpaired) electrons. The molecule has 3 rings (SSSR count). The van der Waals surface area contributed by atoms with Gasteiger partial charge in [0.2, 0.25) is 0 Å². The minimum atomic E-state index is -0.545. The first-order valence-corrected chi connectivity index (χ1v) is 6.70. The molecule has 0 amide bonds. The lowest BCUT2D eigenvalue weighted by atomic mass is 9.93. The molecule has 18 heavy (non-hydrogen) atoms. The molecular weight excluding hydrogens is 224 g/mol. The molecule has 1 aromatic heterocycles. The third-order valence-corrected chi connectivity index (χ3v) is 4.16. The fraction of sp³-hybridized carbons (Fsp3) is 0.533. The number of aliphatic hydroxyl groups is 1. The lowest BCUT2D eigenvalue weighted by Gasteiger charge is -2.21. The summed E-state index contributed by atoms with van der Waals surface area (Å²) in [4.78, 5) is 0. The van der Waals surface area contributed by atoms with Crippen LogP contribution in [0.3, 0.4) is 0 Å². The van der Waals surface area contributed by atoms with Gasteiger partial charge in [-0.2, -0.15) is 5.10 Å². The van der Waals surface area contributed by atoms with Crippen molar-refractivity contribution in [2.45, 2.75) is 38.2 Å². The van der Waals surface area contributed by atoms with Gasteiger partial charge in [-0.15, -0.1) is 0 Å². The first-order chi connectivity index (χ1) is 8.57. The Kier molecular flexibility index (Phi) is 2.67. The van der Waals surface area contributed by atoms with Gasteiger partial charge >= 0.3 is 0 Å². The maximum atomic E-state index is 10.6. The second-order valence-corrected chi connectivity index (χ2v) is 5.84. The van der Waals surface area contributed by atoms with E-state index < -0.39 is 5.60 Å². The molecule has 3 heteroatoms. The lowest BCUT2D eigenvalue weighted by molar-refractivity contribution is 0.0438. The summed E-state index contributed by atoms with van der Waals surface area (Å²) in [6, 6.07) is 8.24. The van der Waals surface area contributed by atoms with Crippen LogP contribution in [0, 0.1) is 5.92 Å². The van der Waals surface area contributed by atoms with Gasteiger partial charge in [0.05, 0.1) is 16.8 Å². The molecule has 1 aliphatic carbocycles. The number of nitrogens with zero attached hydrogens (tertiary/aromatic N) is 2. The number of rotatable bonds is 2. The van der Waals surface area contributed by atoms with E-state index in [1.54, 1.807) is 0 Å². The molecular formula is C15H20N2O. The number of hydrogen-bond acceptors (Lipinski definition) is 2. The molecule has 0 spiro atoms. The number of fused-ring (bicyclic) bond motifs is 1. The van der Waals surface area contributed by atoms with Gasteiger partial charge in [-0.3, -0.25) is 4.68 Å². The highest BCUT2D eigenvalue weighted by molar-refractivity contribution is 5.81. The molecule has 1 heterocycles. The van der Waals surface area contributed by atoms with Crippen LogP contribution in [0.4, 0.5) is 0 Å². The van der Waals surface area contributed by atoms with Crippen LogP contribution in [0.25, 0.3) is 10.9 Å². The van der Waals surface area contributed by atoms with Crippen LogP contribution < -0.4 is 0 Å². The molecule has 1 fully saturated rings.